The van der Waals surface area contributed by atoms with Gasteiger partial charge >= 0.3 is 5.69 Å². The maximum absolute atomic E-state index is 12.0. The number of hydrogen-bond acceptors (Lipinski definition) is 5. The first kappa shape index (κ1) is 15.2. The summed E-state index contributed by atoms with van der Waals surface area (Å²) in [7, 11) is 0. The highest BCUT2D eigenvalue weighted by atomic mass is 35.5. The smallest absolute Gasteiger partial charge is 0.310 e. The second-order valence-electron chi connectivity index (χ2n) is 4.26. The van der Waals surface area contributed by atoms with Gasteiger partial charge in [-0.2, -0.15) is 0 Å². The predicted octanol–water partition coefficient (Wildman–Crippen LogP) is 0.895. The van der Waals surface area contributed by atoms with Crippen LogP contribution in [0, 0.1) is 10.1 Å². The van der Waals surface area contributed by atoms with E-state index >= 15 is 0 Å². The van der Waals surface area contributed by atoms with Gasteiger partial charge in [-0.15, -0.1) is 12.4 Å². The van der Waals surface area contributed by atoms with Crippen molar-refractivity contribution in [3.8, 4) is 5.75 Å². The summed E-state index contributed by atoms with van der Waals surface area (Å²) < 4.78 is 0. The molecule has 1 aliphatic rings. The van der Waals surface area contributed by atoms with Crippen molar-refractivity contribution >= 4 is 24.0 Å². The van der Waals surface area contributed by atoms with E-state index in [1.165, 1.54) is 6.07 Å². The van der Waals surface area contributed by atoms with Gasteiger partial charge in [0.15, 0.2) is 5.75 Å². The Bertz CT molecular complexity index is 509. The largest absolute Gasteiger partial charge is 0.502 e. The number of likely N-dealkylation sites (tertiary alicyclic amines) is 1. The zero-order chi connectivity index (χ0) is 13.3. The molecule has 0 radical (unpaired) electrons. The molecule has 1 aliphatic heterocycles. The molecule has 1 atom stereocenters. The summed E-state index contributed by atoms with van der Waals surface area (Å²) in [5.41, 5.74) is 5.52. The Balaban J connectivity index is 0.00000180. The Morgan fingerprint density at radius 2 is 2.21 bits per heavy atom. The molecule has 0 aromatic heterocycles. The fourth-order valence-corrected chi connectivity index (χ4v) is 1.97. The Labute approximate surface area is 115 Å². The first-order valence-electron chi connectivity index (χ1n) is 5.51. The molecular weight excluding hydrogens is 274 g/mol. The topological polar surface area (TPSA) is 110 Å². The lowest BCUT2D eigenvalue weighted by molar-refractivity contribution is -0.385. The number of carbonyl (C=O) groups is 1. The second kappa shape index (κ2) is 5.85. The minimum atomic E-state index is -0.699. The van der Waals surface area contributed by atoms with E-state index in [9.17, 15) is 20.0 Å². The molecule has 3 N–H and O–H groups in total. The molecule has 1 amide bonds. The van der Waals surface area contributed by atoms with Crippen molar-refractivity contribution in [3.05, 3.63) is 33.9 Å². The van der Waals surface area contributed by atoms with Crippen LogP contribution in [0.2, 0.25) is 0 Å². The van der Waals surface area contributed by atoms with Crippen LogP contribution in [0.15, 0.2) is 18.2 Å². The van der Waals surface area contributed by atoms with Gasteiger partial charge in [0.1, 0.15) is 0 Å². The number of phenolic OH excluding ortho intramolecular Hbond substituents is 1. The van der Waals surface area contributed by atoms with Crippen LogP contribution < -0.4 is 5.73 Å². The molecule has 0 aliphatic carbocycles. The molecule has 1 aromatic rings. The van der Waals surface area contributed by atoms with Gasteiger partial charge in [0.05, 0.1) is 4.92 Å². The molecule has 8 heteroatoms. The van der Waals surface area contributed by atoms with Crippen LogP contribution in [-0.4, -0.2) is 40.0 Å². The van der Waals surface area contributed by atoms with E-state index in [0.717, 1.165) is 18.6 Å². The van der Waals surface area contributed by atoms with Crippen molar-refractivity contribution in [2.75, 3.05) is 13.1 Å². The maximum atomic E-state index is 12.0. The third kappa shape index (κ3) is 3.12. The molecule has 0 bridgehead atoms. The average Bonchev–Trinajstić information content (AvgIpc) is 2.74. The molecule has 1 saturated heterocycles. The van der Waals surface area contributed by atoms with Crippen molar-refractivity contribution in [2.24, 2.45) is 5.73 Å². The number of halogens is 1. The number of nitrogens with two attached hydrogens (primary N) is 1. The number of benzene rings is 1. The molecule has 1 fully saturated rings. The summed E-state index contributed by atoms with van der Waals surface area (Å²) in [6.07, 6.45) is 0.741. The average molecular weight is 288 g/mol. The number of amides is 1. The Kier molecular flexibility index (Phi) is 4.68. The zero-order valence-electron chi connectivity index (χ0n) is 9.98. The summed E-state index contributed by atoms with van der Waals surface area (Å²) in [6, 6.07) is 3.55. The highest BCUT2D eigenvalue weighted by molar-refractivity contribution is 5.95. The normalized spacial score (nSPS) is 17.9. The van der Waals surface area contributed by atoms with Gasteiger partial charge < -0.3 is 15.7 Å². The standard InChI is InChI=1S/C11H13N3O4.ClH/c12-8-3-4-13(6-8)11(16)7-1-2-9(14(17)18)10(15)5-7;/h1-2,5,8,15H,3-4,6,12H2;1H/t8-;/m1./s1. The van der Waals surface area contributed by atoms with Crippen molar-refractivity contribution in [2.45, 2.75) is 12.5 Å². The molecule has 0 saturated carbocycles. The number of rotatable bonds is 2. The summed E-state index contributed by atoms with van der Waals surface area (Å²) in [5, 5.41) is 20.0. The van der Waals surface area contributed by atoms with E-state index in [2.05, 4.69) is 0 Å². The molecule has 0 spiro atoms. The van der Waals surface area contributed by atoms with Gasteiger partial charge in [0.25, 0.3) is 5.91 Å². The van der Waals surface area contributed by atoms with Crippen molar-refractivity contribution in [3.63, 3.8) is 0 Å². The lowest BCUT2D eigenvalue weighted by atomic mass is 10.1. The van der Waals surface area contributed by atoms with E-state index in [-0.39, 0.29) is 29.9 Å². The number of nitro groups is 1. The summed E-state index contributed by atoms with van der Waals surface area (Å²) in [4.78, 5) is 23.4. The highest BCUT2D eigenvalue weighted by Gasteiger charge is 2.25. The van der Waals surface area contributed by atoms with Gasteiger partial charge in [-0.05, 0) is 18.6 Å². The molecule has 7 nitrogen and oxygen atoms in total. The monoisotopic (exact) mass is 287 g/mol. The third-order valence-electron chi connectivity index (χ3n) is 2.93. The lowest BCUT2D eigenvalue weighted by Crippen LogP contribution is -2.31. The van der Waals surface area contributed by atoms with Gasteiger partial charge in [-0.1, -0.05) is 0 Å². The van der Waals surface area contributed by atoms with Crippen LogP contribution in [0.1, 0.15) is 16.8 Å². The van der Waals surface area contributed by atoms with Crippen molar-refractivity contribution < 1.29 is 14.8 Å². The number of phenols is 1. The Morgan fingerprint density at radius 3 is 2.68 bits per heavy atom. The zero-order valence-corrected chi connectivity index (χ0v) is 10.8. The summed E-state index contributed by atoms with van der Waals surface area (Å²) in [6.45, 7) is 1.04. The minimum Gasteiger partial charge on any atom is -0.502 e. The number of carbonyl (C=O) groups excluding carboxylic acids is 1. The fourth-order valence-electron chi connectivity index (χ4n) is 1.97. The molecule has 2 rings (SSSR count). The first-order chi connectivity index (χ1) is 8.49. The highest BCUT2D eigenvalue weighted by Crippen LogP contribution is 2.27. The fraction of sp³-hybridized carbons (Fsp3) is 0.364. The molecule has 0 unspecified atom stereocenters. The van der Waals surface area contributed by atoms with Crippen LogP contribution >= 0.6 is 12.4 Å². The second-order valence-corrected chi connectivity index (χ2v) is 4.26. The van der Waals surface area contributed by atoms with E-state index in [1.54, 1.807) is 4.90 Å². The van der Waals surface area contributed by atoms with Crippen LogP contribution in [0.3, 0.4) is 0 Å². The predicted molar refractivity (Wildman–Crippen MR) is 70.5 cm³/mol. The lowest BCUT2D eigenvalue weighted by Gasteiger charge is -2.15. The van der Waals surface area contributed by atoms with E-state index in [1.807, 2.05) is 0 Å². The van der Waals surface area contributed by atoms with Gasteiger partial charge in [0.2, 0.25) is 0 Å². The van der Waals surface area contributed by atoms with E-state index < -0.39 is 16.4 Å². The van der Waals surface area contributed by atoms with Gasteiger partial charge in [-0.25, -0.2) is 0 Å². The summed E-state index contributed by atoms with van der Waals surface area (Å²) >= 11 is 0. The van der Waals surface area contributed by atoms with Gasteiger partial charge in [-0.3, -0.25) is 14.9 Å². The molecule has 19 heavy (non-hydrogen) atoms. The third-order valence-corrected chi connectivity index (χ3v) is 2.93. The van der Waals surface area contributed by atoms with Crippen molar-refractivity contribution in [1.82, 2.24) is 4.90 Å². The van der Waals surface area contributed by atoms with E-state index in [0.29, 0.717) is 13.1 Å². The number of hydrogen-bond donors (Lipinski definition) is 2. The van der Waals surface area contributed by atoms with Crippen LogP contribution in [0.25, 0.3) is 0 Å². The Hall–Kier alpha value is -1.86. The van der Waals surface area contributed by atoms with E-state index in [4.69, 9.17) is 5.73 Å². The Morgan fingerprint density at radius 1 is 1.53 bits per heavy atom. The molecule has 104 valence electrons. The molecular formula is C11H14ClN3O4. The van der Waals surface area contributed by atoms with Gasteiger partial charge in [0, 0.05) is 30.8 Å². The first-order valence-corrected chi connectivity index (χ1v) is 5.51. The number of nitrogens with zero attached hydrogens (tertiary/aromatic N) is 2. The maximum Gasteiger partial charge on any atom is 0.310 e. The summed E-state index contributed by atoms with van der Waals surface area (Å²) in [5.74, 6) is -0.775. The van der Waals surface area contributed by atoms with Crippen LogP contribution in [0.4, 0.5) is 5.69 Å². The minimum absolute atomic E-state index is 0. The molecule has 1 heterocycles. The SMILES string of the molecule is Cl.N[C@@H]1CCN(C(=O)c2ccc([N+](=O)[O-])c(O)c2)C1. The number of nitro benzene ring substituents is 1. The quantitative estimate of drug-likeness (QED) is 0.620. The number of aromatic hydroxyl groups is 1. The molecule has 1 aromatic carbocycles. The van der Waals surface area contributed by atoms with Crippen LogP contribution in [0.5, 0.6) is 5.75 Å². The van der Waals surface area contributed by atoms with Crippen LogP contribution in [-0.2, 0) is 0 Å². The van der Waals surface area contributed by atoms with Crippen molar-refractivity contribution in [1.29, 1.82) is 0 Å².